The maximum Gasteiger partial charge on any atom is 0.338 e. The third-order valence-corrected chi connectivity index (χ3v) is 4.61. The molecule has 0 N–H and O–H groups in total. The van der Waals surface area contributed by atoms with Gasteiger partial charge in [-0.25, -0.2) is 14.0 Å². The average molecular weight is 454 g/mol. The lowest BCUT2D eigenvalue weighted by Gasteiger charge is -2.04. The summed E-state index contributed by atoms with van der Waals surface area (Å²) in [5.41, 5.74) is 2.96. The first-order valence-corrected chi connectivity index (χ1v) is 10.4. The van der Waals surface area contributed by atoms with E-state index in [4.69, 9.17) is 9.47 Å². The quantitative estimate of drug-likeness (QED) is 0.164. The van der Waals surface area contributed by atoms with Crippen LogP contribution < -0.4 is 9.47 Å². The lowest BCUT2D eigenvalue weighted by Crippen LogP contribution is -2.08. The highest BCUT2D eigenvalue weighted by atomic mass is 19.1. The van der Waals surface area contributed by atoms with E-state index < -0.39 is 11.9 Å². The number of carbonyl (C=O) groups is 2. The first-order valence-electron chi connectivity index (χ1n) is 10.4. The van der Waals surface area contributed by atoms with Crippen molar-refractivity contribution in [3.8, 4) is 11.5 Å². The van der Waals surface area contributed by atoms with Crippen LogP contribution in [-0.4, -0.2) is 11.9 Å². The molecule has 0 unspecified atom stereocenters. The summed E-state index contributed by atoms with van der Waals surface area (Å²) in [6.07, 6.45) is 8.04. The normalized spacial score (nSPS) is 10.9. The second kappa shape index (κ2) is 11.4. The molecule has 0 aliphatic heterocycles. The minimum Gasteiger partial charge on any atom is -0.423 e. The van der Waals surface area contributed by atoms with Crippen LogP contribution in [0.4, 0.5) is 4.39 Å². The third kappa shape index (κ3) is 7.00. The van der Waals surface area contributed by atoms with Gasteiger partial charge < -0.3 is 9.47 Å². The summed E-state index contributed by atoms with van der Waals surface area (Å²) in [6, 6.07) is 18.8. The van der Waals surface area contributed by atoms with E-state index in [0.717, 1.165) is 17.2 Å². The van der Waals surface area contributed by atoms with Crippen molar-refractivity contribution in [3.63, 3.8) is 0 Å². The molecular formula is C29H23FO4. The van der Waals surface area contributed by atoms with Crippen LogP contribution >= 0.6 is 0 Å². The lowest BCUT2D eigenvalue weighted by atomic mass is 10.1. The van der Waals surface area contributed by atoms with Crippen molar-refractivity contribution < 1.29 is 23.5 Å². The fourth-order valence-corrected chi connectivity index (χ4v) is 2.88. The van der Waals surface area contributed by atoms with Gasteiger partial charge >= 0.3 is 11.9 Å². The molecule has 34 heavy (non-hydrogen) atoms. The van der Waals surface area contributed by atoms with Crippen LogP contribution in [0.25, 0.3) is 24.3 Å². The van der Waals surface area contributed by atoms with Gasteiger partial charge in [0, 0.05) is 17.2 Å². The molecule has 5 heteroatoms. The highest BCUT2D eigenvalue weighted by Crippen LogP contribution is 2.20. The minimum absolute atomic E-state index is 0.314. The predicted molar refractivity (Wildman–Crippen MR) is 133 cm³/mol. The second-order valence-corrected chi connectivity index (χ2v) is 7.39. The lowest BCUT2D eigenvalue weighted by molar-refractivity contribution is -0.130. The van der Waals surface area contributed by atoms with Gasteiger partial charge in [-0.2, -0.15) is 0 Å². The highest BCUT2D eigenvalue weighted by molar-refractivity contribution is 5.89. The molecule has 0 bridgehead atoms. The number of hydrogen-bond donors (Lipinski definition) is 0. The zero-order valence-electron chi connectivity index (χ0n) is 18.7. The molecular weight excluding hydrogens is 431 g/mol. The molecule has 0 spiro atoms. The van der Waals surface area contributed by atoms with E-state index in [2.05, 4.69) is 13.2 Å². The average Bonchev–Trinajstić information content (AvgIpc) is 2.82. The number of halogens is 1. The molecule has 4 nitrogen and oxygen atoms in total. The molecule has 3 rings (SSSR count). The van der Waals surface area contributed by atoms with Gasteiger partial charge in [0.1, 0.15) is 17.3 Å². The summed E-state index contributed by atoms with van der Waals surface area (Å²) >= 11 is 0. The highest BCUT2D eigenvalue weighted by Gasteiger charge is 2.05. The van der Waals surface area contributed by atoms with Crippen LogP contribution in [0, 0.1) is 5.82 Å². The van der Waals surface area contributed by atoms with Gasteiger partial charge in [0.25, 0.3) is 0 Å². The van der Waals surface area contributed by atoms with E-state index in [1.807, 2.05) is 12.1 Å². The Balaban J connectivity index is 1.70. The molecule has 0 heterocycles. The third-order valence-electron chi connectivity index (χ3n) is 4.61. The fraction of sp³-hybridized carbons (Fsp3) is 0.0345. The van der Waals surface area contributed by atoms with Crippen molar-refractivity contribution in [1.82, 2.24) is 0 Å². The number of hydrogen-bond acceptors (Lipinski definition) is 4. The topological polar surface area (TPSA) is 52.6 Å². The Morgan fingerprint density at radius 2 is 1.35 bits per heavy atom. The van der Waals surface area contributed by atoms with Crippen LogP contribution in [0.2, 0.25) is 0 Å². The zero-order valence-corrected chi connectivity index (χ0v) is 18.7. The Bertz CT molecular complexity index is 1300. The molecule has 170 valence electrons. The predicted octanol–water partition coefficient (Wildman–Crippen LogP) is 6.74. The second-order valence-electron chi connectivity index (χ2n) is 7.39. The van der Waals surface area contributed by atoms with Crippen LogP contribution in [0.1, 0.15) is 29.2 Å². The van der Waals surface area contributed by atoms with Crippen molar-refractivity contribution >= 4 is 36.2 Å². The Morgan fingerprint density at radius 3 is 1.91 bits per heavy atom. The summed E-state index contributed by atoms with van der Waals surface area (Å²) in [5.74, 6) is -0.625. The van der Waals surface area contributed by atoms with Gasteiger partial charge in [-0.1, -0.05) is 73.9 Å². The maximum atomic E-state index is 14.6. The van der Waals surface area contributed by atoms with Crippen molar-refractivity contribution in [1.29, 1.82) is 0 Å². The molecule has 0 saturated carbocycles. The van der Waals surface area contributed by atoms with Gasteiger partial charge in [-0.05, 0) is 53.9 Å². The first-order chi connectivity index (χ1) is 16.3. The smallest absolute Gasteiger partial charge is 0.338 e. The molecule has 0 aromatic heterocycles. The number of esters is 2. The van der Waals surface area contributed by atoms with Crippen LogP contribution in [0.5, 0.6) is 11.5 Å². The number of benzene rings is 3. The molecule has 3 aromatic rings. The van der Waals surface area contributed by atoms with Crippen LogP contribution in [0.3, 0.4) is 0 Å². The summed E-state index contributed by atoms with van der Waals surface area (Å²) < 4.78 is 25.0. The molecule has 0 saturated heterocycles. The van der Waals surface area contributed by atoms with Crippen molar-refractivity contribution in [3.05, 3.63) is 120 Å². The molecule has 0 fully saturated rings. The fourth-order valence-electron chi connectivity index (χ4n) is 2.88. The SMILES string of the molecule is C=CC(=O)Oc1cccc(/C=C/c2ccc(/C=C/c3cccc(OC(=O)C(=C)C)c3)cc2F)c1. The zero-order chi connectivity index (χ0) is 24.5. The van der Waals surface area contributed by atoms with Crippen molar-refractivity contribution in [2.45, 2.75) is 6.92 Å². The van der Waals surface area contributed by atoms with E-state index in [-0.39, 0.29) is 5.82 Å². The van der Waals surface area contributed by atoms with Gasteiger partial charge in [-0.15, -0.1) is 0 Å². The van der Waals surface area contributed by atoms with E-state index in [0.29, 0.717) is 28.2 Å². The number of rotatable bonds is 8. The molecule has 0 aliphatic rings. The molecule has 0 radical (unpaired) electrons. The standard InChI is InChI=1S/C29H23FO4/c1-4-28(31)33-25-9-5-8-22(17-25)13-15-24-16-14-23(19-27(24)30)12-11-21-7-6-10-26(18-21)34-29(32)20(2)3/h4-19H,1-2H2,3H3/b12-11+,15-13+. The van der Waals surface area contributed by atoms with Gasteiger partial charge in [0.15, 0.2) is 0 Å². The summed E-state index contributed by atoms with van der Waals surface area (Å²) in [7, 11) is 0. The van der Waals surface area contributed by atoms with E-state index in [1.165, 1.54) is 6.07 Å². The molecule has 0 atom stereocenters. The summed E-state index contributed by atoms with van der Waals surface area (Å²) in [6.45, 7) is 8.51. The Morgan fingerprint density at radius 1 is 0.794 bits per heavy atom. The van der Waals surface area contributed by atoms with Gasteiger partial charge in [-0.3, -0.25) is 0 Å². The molecule has 3 aromatic carbocycles. The van der Waals surface area contributed by atoms with Gasteiger partial charge in [0.2, 0.25) is 0 Å². The number of carbonyl (C=O) groups excluding carboxylic acids is 2. The van der Waals surface area contributed by atoms with E-state index in [9.17, 15) is 14.0 Å². The Labute approximate surface area is 198 Å². The van der Waals surface area contributed by atoms with Gasteiger partial charge in [0.05, 0.1) is 0 Å². The summed E-state index contributed by atoms with van der Waals surface area (Å²) in [5, 5.41) is 0. The number of ether oxygens (including phenoxy) is 2. The Hall–Kier alpha value is -4.51. The molecule has 0 aliphatic carbocycles. The molecule has 0 amide bonds. The summed E-state index contributed by atoms with van der Waals surface area (Å²) in [4.78, 5) is 23.0. The largest absolute Gasteiger partial charge is 0.423 e. The van der Waals surface area contributed by atoms with E-state index in [1.54, 1.807) is 79.8 Å². The maximum absolute atomic E-state index is 14.6. The minimum atomic E-state index is -0.546. The first kappa shape index (κ1) is 24.1. The van der Waals surface area contributed by atoms with Crippen LogP contribution in [0.15, 0.2) is 91.5 Å². The van der Waals surface area contributed by atoms with Crippen LogP contribution in [-0.2, 0) is 9.59 Å². The van der Waals surface area contributed by atoms with E-state index >= 15 is 0 Å². The van der Waals surface area contributed by atoms with Crippen molar-refractivity contribution in [2.75, 3.05) is 0 Å². The van der Waals surface area contributed by atoms with Crippen molar-refractivity contribution in [2.24, 2.45) is 0 Å². The monoisotopic (exact) mass is 454 g/mol. The Kier molecular flexibility index (Phi) is 8.08.